The van der Waals surface area contributed by atoms with Crippen LogP contribution in [0.4, 0.5) is 0 Å². The van der Waals surface area contributed by atoms with E-state index < -0.39 is 11.9 Å². The first-order valence-corrected chi connectivity index (χ1v) is 10.9. The predicted octanol–water partition coefficient (Wildman–Crippen LogP) is 3.71. The Bertz CT molecular complexity index is 1140. The molecule has 7 heteroatoms. The molecule has 0 saturated heterocycles. The normalized spacial score (nSPS) is 14.0. The molecule has 4 rings (SSSR count). The van der Waals surface area contributed by atoms with Crippen LogP contribution in [-0.4, -0.2) is 43.7 Å². The first kappa shape index (κ1) is 22.5. The van der Waals surface area contributed by atoms with Crippen molar-refractivity contribution in [1.29, 1.82) is 0 Å². The molecule has 32 heavy (non-hydrogen) atoms. The van der Waals surface area contributed by atoms with Crippen molar-refractivity contribution in [1.82, 2.24) is 15.0 Å². The number of nitrogens with zero attached hydrogens (tertiary/aromatic N) is 3. The van der Waals surface area contributed by atoms with Crippen LogP contribution in [0.2, 0.25) is 0 Å². The van der Waals surface area contributed by atoms with Crippen molar-refractivity contribution in [2.75, 3.05) is 6.61 Å². The van der Waals surface area contributed by atoms with E-state index in [9.17, 15) is 10.2 Å². The van der Waals surface area contributed by atoms with Crippen molar-refractivity contribution in [2.45, 2.75) is 66.5 Å². The SMILES string of the molecule is Cc1ccc(-c2c(C)c3c(c(C)c2CC(O)OCC(C)(C)O)-n2nnc(C)c2CO3)cc1. The van der Waals surface area contributed by atoms with Gasteiger partial charge in [0, 0.05) is 12.0 Å². The molecule has 2 N–H and O–H groups in total. The van der Waals surface area contributed by atoms with Gasteiger partial charge in [0.2, 0.25) is 0 Å². The predicted molar refractivity (Wildman–Crippen MR) is 122 cm³/mol. The Morgan fingerprint density at radius 3 is 2.47 bits per heavy atom. The first-order valence-electron chi connectivity index (χ1n) is 10.9. The number of aliphatic hydroxyl groups is 2. The number of aromatic nitrogens is 3. The lowest BCUT2D eigenvalue weighted by Crippen LogP contribution is -2.30. The molecule has 1 aromatic heterocycles. The van der Waals surface area contributed by atoms with E-state index in [1.165, 1.54) is 5.56 Å². The number of aliphatic hydroxyl groups excluding tert-OH is 1. The van der Waals surface area contributed by atoms with Crippen molar-refractivity contribution in [3.05, 3.63) is 57.9 Å². The van der Waals surface area contributed by atoms with Crippen LogP contribution >= 0.6 is 0 Å². The van der Waals surface area contributed by atoms with Gasteiger partial charge in [0.15, 0.2) is 6.29 Å². The third-order valence-corrected chi connectivity index (χ3v) is 5.91. The minimum Gasteiger partial charge on any atom is -0.485 e. The van der Waals surface area contributed by atoms with Crippen LogP contribution < -0.4 is 4.74 Å². The molecule has 7 nitrogen and oxygen atoms in total. The zero-order valence-corrected chi connectivity index (χ0v) is 19.6. The van der Waals surface area contributed by atoms with Gasteiger partial charge in [-0.1, -0.05) is 35.0 Å². The Kier molecular flexibility index (Phi) is 5.83. The van der Waals surface area contributed by atoms with Crippen LogP contribution in [0.5, 0.6) is 5.75 Å². The Morgan fingerprint density at radius 1 is 1.12 bits per heavy atom. The molecule has 0 fully saturated rings. The maximum absolute atomic E-state index is 10.7. The van der Waals surface area contributed by atoms with Crippen molar-refractivity contribution in [3.8, 4) is 22.6 Å². The minimum atomic E-state index is -1.07. The molecule has 1 aliphatic rings. The lowest BCUT2D eigenvalue weighted by atomic mass is 9.87. The molecule has 2 aromatic carbocycles. The average molecular weight is 438 g/mol. The van der Waals surface area contributed by atoms with Gasteiger partial charge in [-0.25, -0.2) is 4.68 Å². The number of hydrogen-bond acceptors (Lipinski definition) is 6. The Balaban J connectivity index is 1.87. The van der Waals surface area contributed by atoms with Gasteiger partial charge in [0.25, 0.3) is 0 Å². The van der Waals surface area contributed by atoms with E-state index in [1.54, 1.807) is 13.8 Å². The molecule has 1 unspecified atom stereocenters. The number of ether oxygens (including phenoxy) is 2. The largest absolute Gasteiger partial charge is 0.485 e. The Labute approximate surface area is 188 Å². The Hall–Kier alpha value is -2.74. The highest BCUT2D eigenvalue weighted by Crippen LogP contribution is 2.44. The van der Waals surface area contributed by atoms with E-state index in [0.717, 1.165) is 50.6 Å². The van der Waals surface area contributed by atoms with Gasteiger partial charge in [-0.2, -0.15) is 0 Å². The third-order valence-electron chi connectivity index (χ3n) is 5.91. The van der Waals surface area contributed by atoms with Crippen LogP contribution in [0.25, 0.3) is 16.8 Å². The highest BCUT2D eigenvalue weighted by Gasteiger charge is 2.30. The standard InChI is InChI=1S/C25H31N3O4/c1-14-7-9-18(10-8-14)22-16(3)24-23(28-20(12-31-24)17(4)26-27-28)15(2)19(22)11-21(29)32-13-25(5,6)30/h7-10,21,29-30H,11-13H2,1-6H3. The van der Waals surface area contributed by atoms with Crippen LogP contribution in [0, 0.1) is 27.7 Å². The number of rotatable bonds is 6. The van der Waals surface area contributed by atoms with Crippen molar-refractivity contribution >= 4 is 0 Å². The molecule has 1 atom stereocenters. The van der Waals surface area contributed by atoms with Crippen LogP contribution in [0.15, 0.2) is 24.3 Å². The summed E-state index contributed by atoms with van der Waals surface area (Å²) >= 11 is 0. The minimum absolute atomic E-state index is 0.0343. The number of fused-ring (bicyclic) bond motifs is 3. The summed E-state index contributed by atoms with van der Waals surface area (Å²) in [5.74, 6) is 0.783. The molecule has 1 aliphatic heterocycles. The number of hydrogen-bond donors (Lipinski definition) is 2. The second-order valence-corrected chi connectivity index (χ2v) is 9.25. The Morgan fingerprint density at radius 2 is 1.81 bits per heavy atom. The summed E-state index contributed by atoms with van der Waals surface area (Å²) in [7, 11) is 0. The topological polar surface area (TPSA) is 89.6 Å². The molecule has 0 radical (unpaired) electrons. The summed E-state index contributed by atoms with van der Waals surface area (Å²) in [6.07, 6.45) is -0.800. The molecule has 0 saturated carbocycles. The van der Waals surface area contributed by atoms with Gasteiger partial charge in [0.1, 0.15) is 23.7 Å². The molecular formula is C25H31N3O4. The smallest absolute Gasteiger partial charge is 0.158 e. The van der Waals surface area contributed by atoms with E-state index in [4.69, 9.17) is 9.47 Å². The summed E-state index contributed by atoms with van der Waals surface area (Å²) in [5.41, 5.74) is 7.73. The van der Waals surface area contributed by atoms with E-state index >= 15 is 0 Å². The summed E-state index contributed by atoms with van der Waals surface area (Å²) in [6.45, 7) is 11.8. The van der Waals surface area contributed by atoms with Gasteiger partial charge in [-0.15, -0.1) is 5.10 Å². The summed E-state index contributed by atoms with van der Waals surface area (Å²) in [4.78, 5) is 0. The lowest BCUT2D eigenvalue weighted by molar-refractivity contribution is -0.138. The number of benzene rings is 2. The van der Waals surface area contributed by atoms with Gasteiger partial charge in [-0.05, 0) is 63.8 Å². The van der Waals surface area contributed by atoms with Crippen molar-refractivity contribution < 1.29 is 19.7 Å². The molecule has 2 heterocycles. The van der Waals surface area contributed by atoms with E-state index in [0.29, 0.717) is 6.61 Å². The number of aryl methyl sites for hydroxylation is 2. The zero-order valence-electron chi connectivity index (χ0n) is 19.6. The highest BCUT2D eigenvalue weighted by molar-refractivity contribution is 5.80. The maximum Gasteiger partial charge on any atom is 0.158 e. The molecule has 0 amide bonds. The van der Waals surface area contributed by atoms with Gasteiger partial charge in [0.05, 0.1) is 17.9 Å². The molecule has 0 aliphatic carbocycles. The summed E-state index contributed by atoms with van der Waals surface area (Å²) in [5, 5.41) is 29.3. The summed E-state index contributed by atoms with van der Waals surface area (Å²) in [6, 6.07) is 8.33. The zero-order chi connectivity index (χ0) is 23.2. The monoisotopic (exact) mass is 437 g/mol. The fraction of sp³-hybridized carbons (Fsp3) is 0.440. The quantitative estimate of drug-likeness (QED) is 0.572. The van der Waals surface area contributed by atoms with Gasteiger partial charge in [-0.3, -0.25) is 0 Å². The fourth-order valence-corrected chi connectivity index (χ4v) is 4.21. The van der Waals surface area contributed by atoms with E-state index in [2.05, 4.69) is 41.5 Å². The average Bonchev–Trinajstić information content (AvgIpc) is 3.11. The third kappa shape index (κ3) is 4.16. The van der Waals surface area contributed by atoms with E-state index in [1.807, 2.05) is 25.5 Å². The lowest BCUT2D eigenvalue weighted by Gasteiger charge is -2.28. The molecule has 170 valence electrons. The fourth-order valence-electron chi connectivity index (χ4n) is 4.21. The highest BCUT2D eigenvalue weighted by atomic mass is 16.6. The second-order valence-electron chi connectivity index (χ2n) is 9.25. The van der Waals surface area contributed by atoms with E-state index in [-0.39, 0.29) is 13.0 Å². The van der Waals surface area contributed by atoms with Crippen LogP contribution in [-0.2, 0) is 17.8 Å². The van der Waals surface area contributed by atoms with Crippen molar-refractivity contribution in [3.63, 3.8) is 0 Å². The molecule has 0 spiro atoms. The second kappa shape index (κ2) is 8.31. The van der Waals surface area contributed by atoms with Gasteiger partial charge >= 0.3 is 0 Å². The van der Waals surface area contributed by atoms with Crippen molar-refractivity contribution in [2.24, 2.45) is 0 Å². The molecule has 3 aromatic rings. The summed E-state index contributed by atoms with van der Waals surface area (Å²) < 4.78 is 13.6. The molecule has 0 bridgehead atoms. The molecular weight excluding hydrogens is 406 g/mol. The maximum atomic E-state index is 10.7. The first-order chi connectivity index (χ1) is 15.1. The van der Waals surface area contributed by atoms with Crippen LogP contribution in [0.3, 0.4) is 0 Å². The van der Waals surface area contributed by atoms with Gasteiger partial charge < -0.3 is 19.7 Å². The van der Waals surface area contributed by atoms with Crippen LogP contribution in [0.1, 0.15) is 47.5 Å².